The van der Waals surface area contributed by atoms with Gasteiger partial charge in [0.2, 0.25) is 0 Å². The van der Waals surface area contributed by atoms with Crippen LogP contribution in [-0.4, -0.2) is 55.7 Å². The van der Waals surface area contributed by atoms with Gasteiger partial charge in [0.25, 0.3) is 5.78 Å². The van der Waals surface area contributed by atoms with Crippen LogP contribution in [0.4, 0.5) is 5.13 Å². The fraction of sp³-hybridized carbons (Fsp3) is 0.310. The summed E-state index contributed by atoms with van der Waals surface area (Å²) in [5.74, 6) is -1.31. The van der Waals surface area contributed by atoms with Crippen molar-refractivity contribution in [1.82, 2.24) is 4.98 Å². The van der Waals surface area contributed by atoms with Crippen molar-refractivity contribution >= 4 is 39.9 Å². The molecule has 1 saturated heterocycles. The molecule has 1 atom stereocenters. The van der Waals surface area contributed by atoms with Crippen LogP contribution in [0.2, 0.25) is 0 Å². The van der Waals surface area contributed by atoms with Gasteiger partial charge in [-0.2, -0.15) is 0 Å². The lowest BCUT2D eigenvalue weighted by atomic mass is 9.93. The third kappa shape index (κ3) is 5.12. The van der Waals surface area contributed by atoms with Crippen molar-refractivity contribution in [3.8, 4) is 17.2 Å². The van der Waals surface area contributed by atoms with E-state index in [1.807, 2.05) is 6.92 Å². The van der Waals surface area contributed by atoms with E-state index < -0.39 is 23.7 Å². The molecule has 1 fully saturated rings. The molecule has 1 aliphatic rings. The summed E-state index contributed by atoms with van der Waals surface area (Å²) < 4.78 is 21.4. The predicted octanol–water partition coefficient (Wildman–Crippen LogP) is 4.98. The van der Waals surface area contributed by atoms with Crippen LogP contribution < -0.4 is 19.1 Å². The van der Waals surface area contributed by atoms with Crippen molar-refractivity contribution in [2.75, 3.05) is 32.8 Å². The predicted molar refractivity (Wildman–Crippen MR) is 149 cm³/mol. The minimum absolute atomic E-state index is 0.110. The van der Waals surface area contributed by atoms with E-state index in [-0.39, 0.29) is 21.3 Å². The molecule has 1 amide bonds. The molecule has 1 aliphatic heterocycles. The molecule has 3 aromatic rings. The van der Waals surface area contributed by atoms with Crippen molar-refractivity contribution < 1.29 is 38.4 Å². The average molecular weight is 567 g/mol. The highest BCUT2D eigenvalue weighted by atomic mass is 32.1. The van der Waals surface area contributed by atoms with Crippen LogP contribution in [0.15, 0.2) is 42.0 Å². The number of carbonyl (C=O) groups excluding carboxylic acids is 3. The smallest absolute Gasteiger partial charge is 0.350 e. The highest BCUT2D eigenvalue weighted by Gasteiger charge is 2.48. The average Bonchev–Trinajstić information content (AvgIpc) is 3.46. The largest absolute Gasteiger partial charge is 0.507 e. The summed E-state index contributed by atoms with van der Waals surface area (Å²) in [5, 5.41) is 11.7. The Balaban J connectivity index is 1.94. The van der Waals surface area contributed by atoms with Crippen LogP contribution in [0.5, 0.6) is 17.2 Å². The Bertz CT molecular complexity index is 1510. The van der Waals surface area contributed by atoms with Crippen LogP contribution in [0, 0.1) is 13.8 Å². The van der Waals surface area contributed by atoms with Gasteiger partial charge in [0, 0.05) is 5.56 Å². The van der Waals surface area contributed by atoms with Gasteiger partial charge >= 0.3 is 11.9 Å². The second-order valence-electron chi connectivity index (χ2n) is 9.01. The Morgan fingerprint density at radius 2 is 1.77 bits per heavy atom. The van der Waals surface area contributed by atoms with Gasteiger partial charge in [-0.25, -0.2) is 9.78 Å². The number of amides is 1. The number of ether oxygens (including phenoxy) is 4. The van der Waals surface area contributed by atoms with E-state index >= 15 is 0 Å². The molecule has 2 heterocycles. The third-order valence-electron chi connectivity index (χ3n) is 6.46. The summed E-state index contributed by atoms with van der Waals surface area (Å²) in [6.45, 7) is 5.93. The maximum absolute atomic E-state index is 13.6. The van der Waals surface area contributed by atoms with Gasteiger partial charge < -0.3 is 24.1 Å². The lowest BCUT2D eigenvalue weighted by molar-refractivity contribution is -0.132. The molecular formula is C29H30N2O8S. The van der Waals surface area contributed by atoms with Crippen molar-refractivity contribution in [1.29, 1.82) is 0 Å². The number of hydrogen-bond acceptors (Lipinski definition) is 10. The number of methoxy groups -OCH3 is 3. The summed E-state index contributed by atoms with van der Waals surface area (Å²) in [5.41, 5.74) is 1.71. The van der Waals surface area contributed by atoms with E-state index in [1.165, 1.54) is 26.2 Å². The first-order valence-corrected chi connectivity index (χ1v) is 13.3. The Labute approximate surface area is 235 Å². The van der Waals surface area contributed by atoms with Crippen molar-refractivity contribution in [3.63, 3.8) is 0 Å². The van der Waals surface area contributed by atoms with Gasteiger partial charge in [0.15, 0.2) is 16.6 Å². The number of carbonyl (C=O) groups is 3. The van der Waals surface area contributed by atoms with Crippen molar-refractivity contribution in [3.05, 3.63) is 69.2 Å². The first kappa shape index (κ1) is 28.6. The van der Waals surface area contributed by atoms with Crippen LogP contribution in [0.25, 0.3) is 5.76 Å². The first-order valence-electron chi connectivity index (χ1n) is 12.5. The first-order chi connectivity index (χ1) is 19.2. The second-order valence-corrected chi connectivity index (χ2v) is 9.99. The van der Waals surface area contributed by atoms with Crippen LogP contribution >= 0.6 is 11.3 Å². The number of hydrogen-bond donors (Lipinski definition) is 1. The topological polar surface area (TPSA) is 124 Å². The van der Waals surface area contributed by atoms with Gasteiger partial charge in [-0.1, -0.05) is 24.3 Å². The number of anilines is 1. The van der Waals surface area contributed by atoms with Gasteiger partial charge in [-0.05, 0) is 61.7 Å². The molecular weight excluding hydrogens is 536 g/mol. The van der Waals surface area contributed by atoms with Crippen molar-refractivity contribution in [2.24, 2.45) is 0 Å². The molecule has 40 heavy (non-hydrogen) atoms. The standard InChI is InChI=1S/C29H30N2O8S/c1-7-12-39-18-9-10-19(15(2)13-18)24(32)22-23(17-8-11-20(36-4)21(14-17)37-5)31(27(34)25(22)33)29-30-16(3)26(40-29)28(35)38-6/h8-11,13-14,23,32H,7,12H2,1-6H3/b24-22-. The SMILES string of the molecule is CCCOc1ccc(/C(O)=C2/C(=O)C(=O)N(c3nc(C)c(C(=O)OC)s3)C2c2ccc(OC)c(OC)c2)c(C)c1. The molecule has 10 nitrogen and oxygen atoms in total. The normalized spacial score (nSPS) is 16.2. The highest BCUT2D eigenvalue weighted by molar-refractivity contribution is 7.17. The van der Waals surface area contributed by atoms with Gasteiger partial charge in [-0.15, -0.1) is 0 Å². The molecule has 0 aliphatic carbocycles. The lowest BCUT2D eigenvalue weighted by Gasteiger charge is -2.24. The molecule has 11 heteroatoms. The molecule has 1 unspecified atom stereocenters. The number of thiazole rings is 1. The van der Waals surface area contributed by atoms with Gasteiger partial charge in [0.1, 0.15) is 16.4 Å². The maximum Gasteiger partial charge on any atom is 0.350 e. The number of aliphatic hydroxyl groups excluding tert-OH is 1. The number of aromatic nitrogens is 1. The number of rotatable bonds is 9. The fourth-order valence-electron chi connectivity index (χ4n) is 4.49. The number of esters is 1. The monoisotopic (exact) mass is 566 g/mol. The molecule has 2 aromatic carbocycles. The molecule has 0 saturated carbocycles. The Morgan fingerprint density at radius 3 is 2.40 bits per heavy atom. The fourth-order valence-corrected chi connectivity index (χ4v) is 5.50. The summed E-state index contributed by atoms with van der Waals surface area (Å²) >= 11 is 0.924. The van der Waals surface area contributed by atoms with Gasteiger partial charge in [0.05, 0.1) is 45.2 Å². The minimum Gasteiger partial charge on any atom is -0.507 e. The molecule has 210 valence electrons. The summed E-state index contributed by atoms with van der Waals surface area (Å²) in [6.07, 6.45) is 0.837. The van der Waals surface area contributed by atoms with E-state index in [9.17, 15) is 19.5 Å². The third-order valence-corrected chi connectivity index (χ3v) is 7.59. The van der Waals surface area contributed by atoms with Crippen molar-refractivity contribution in [2.45, 2.75) is 33.2 Å². The van der Waals surface area contributed by atoms with Crippen LogP contribution in [0.1, 0.15) is 51.4 Å². The molecule has 1 aromatic heterocycles. The zero-order valence-electron chi connectivity index (χ0n) is 23.1. The van der Waals surface area contributed by atoms with E-state index in [2.05, 4.69) is 4.98 Å². The molecule has 0 bridgehead atoms. The molecule has 1 N–H and O–H groups in total. The number of nitrogens with zero attached hydrogens (tertiary/aromatic N) is 2. The Hall–Kier alpha value is -4.38. The summed E-state index contributed by atoms with van der Waals surface area (Å²) in [4.78, 5) is 45.2. The van der Waals surface area contributed by atoms with E-state index in [4.69, 9.17) is 18.9 Å². The second kappa shape index (κ2) is 11.8. The maximum atomic E-state index is 13.6. The van der Waals surface area contributed by atoms with E-state index in [0.29, 0.717) is 46.2 Å². The zero-order valence-corrected chi connectivity index (χ0v) is 23.9. The minimum atomic E-state index is -1.08. The van der Waals surface area contributed by atoms with E-state index in [1.54, 1.807) is 50.2 Å². The number of ketones is 1. The summed E-state index contributed by atoms with van der Waals surface area (Å²) in [7, 11) is 4.21. The number of benzene rings is 2. The summed E-state index contributed by atoms with van der Waals surface area (Å²) in [6, 6.07) is 8.99. The highest BCUT2D eigenvalue weighted by Crippen LogP contribution is 2.46. The Kier molecular flexibility index (Phi) is 8.43. The number of Topliss-reactive ketones (excluding diaryl/α,β-unsaturated/α-hetero) is 1. The zero-order chi connectivity index (χ0) is 29.1. The lowest BCUT2D eigenvalue weighted by Crippen LogP contribution is -2.29. The van der Waals surface area contributed by atoms with Crippen LogP contribution in [0.3, 0.4) is 0 Å². The van der Waals surface area contributed by atoms with E-state index in [0.717, 1.165) is 17.8 Å². The number of aryl methyl sites for hydroxylation is 2. The Morgan fingerprint density at radius 1 is 1.05 bits per heavy atom. The molecule has 0 radical (unpaired) electrons. The molecule has 4 rings (SSSR count). The quantitative estimate of drug-likeness (QED) is 0.165. The van der Waals surface area contributed by atoms with Gasteiger partial charge in [-0.3, -0.25) is 14.5 Å². The molecule has 0 spiro atoms. The number of aliphatic hydroxyl groups is 1. The van der Waals surface area contributed by atoms with Crippen LogP contribution in [-0.2, 0) is 14.3 Å².